The van der Waals surface area contributed by atoms with Crippen LogP contribution in [-0.4, -0.2) is 22.0 Å². The Morgan fingerprint density at radius 3 is 2.24 bits per heavy atom. The summed E-state index contributed by atoms with van der Waals surface area (Å²) >= 11 is 0. The van der Waals surface area contributed by atoms with Crippen LogP contribution in [0.2, 0.25) is 0 Å². The zero-order valence-electron chi connectivity index (χ0n) is 21.3. The molecule has 3 aromatic rings. The number of unbranched alkanes of at least 4 members (excludes halogenated alkanes) is 9. The summed E-state index contributed by atoms with van der Waals surface area (Å²) in [5, 5.41) is 3.09. The van der Waals surface area contributed by atoms with Crippen LogP contribution in [0.5, 0.6) is 0 Å². The Hall–Kier alpha value is -2.62. The second-order valence-electron chi connectivity index (χ2n) is 9.55. The first-order valence-electron chi connectivity index (χ1n) is 13.4. The lowest BCUT2D eigenvalue weighted by molar-refractivity contribution is -0.120. The van der Waals surface area contributed by atoms with Crippen molar-refractivity contribution in [3.63, 3.8) is 0 Å². The third-order valence-electron chi connectivity index (χ3n) is 6.75. The van der Waals surface area contributed by atoms with Crippen LogP contribution in [0.3, 0.4) is 0 Å². The Morgan fingerprint density at radius 2 is 1.50 bits per heavy atom. The van der Waals surface area contributed by atoms with E-state index in [9.17, 15) is 4.79 Å². The summed E-state index contributed by atoms with van der Waals surface area (Å²) in [7, 11) is 0. The molecule has 0 bridgehead atoms. The van der Waals surface area contributed by atoms with Crippen molar-refractivity contribution in [1.82, 2.24) is 14.9 Å². The van der Waals surface area contributed by atoms with Gasteiger partial charge in [-0.3, -0.25) is 4.79 Å². The zero-order chi connectivity index (χ0) is 24.0. The second kappa shape index (κ2) is 14.6. The van der Waals surface area contributed by atoms with Crippen molar-refractivity contribution in [2.45, 2.75) is 97.4 Å². The number of nitrogens with zero attached hydrogens (tertiary/aromatic N) is 2. The highest BCUT2D eigenvalue weighted by Crippen LogP contribution is 2.18. The summed E-state index contributed by atoms with van der Waals surface area (Å²) in [5.41, 5.74) is 4.51. The molecule has 4 heteroatoms. The molecule has 0 fully saturated rings. The molecule has 2 aromatic carbocycles. The quantitative estimate of drug-likeness (QED) is 0.230. The summed E-state index contributed by atoms with van der Waals surface area (Å²) in [6.45, 7) is 5.95. The van der Waals surface area contributed by atoms with Crippen LogP contribution in [-0.2, 0) is 24.2 Å². The van der Waals surface area contributed by atoms with Gasteiger partial charge >= 0.3 is 0 Å². The average molecular weight is 462 g/mol. The lowest BCUT2D eigenvalue weighted by Gasteiger charge is -2.11. The summed E-state index contributed by atoms with van der Waals surface area (Å²) in [5.74, 6) is 1.15. The Bertz CT molecular complexity index is 1010. The number of hydrogen-bond donors (Lipinski definition) is 1. The second-order valence-corrected chi connectivity index (χ2v) is 9.55. The van der Waals surface area contributed by atoms with E-state index in [0.29, 0.717) is 13.0 Å². The Balaban J connectivity index is 1.44. The molecule has 3 rings (SSSR count). The van der Waals surface area contributed by atoms with Crippen LogP contribution in [0.1, 0.15) is 88.1 Å². The standard InChI is InChI=1S/C30H43N3O/c1-3-4-5-6-7-8-9-10-11-16-23-33-28-20-15-14-19-27(28)32-29(33)21-22-31-30(34)24-26-18-13-12-17-25(26)2/h12-15,17-20H,3-11,16,21-24H2,1-2H3,(H,31,34). The van der Waals surface area contributed by atoms with Gasteiger partial charge in [0.25, 0.3) is 0 Å². The van der Waals surface area contributed by atoms with Gasteiger partial charge in [-0.1, -0.05) is 101 Å². The fraction of sp³-hybridized carbons (Fsp3) is 0.533. The van der Waals surface area contributed by atoms with E-state index < -0.39 is 0 Å². The number of rotatable bonds is 16. The highest BCUT2D eigenvalue weighted by atomic mass is 16.1. The van der Waals surface area contributed by atoms with Crippen LogP contribution >= 0.6 is 0 Å². The number of fused-ring (bicyclic) bond motifs is 1. The topological polar surface area (TPSA) is 46.9 Å². The molecule has 0 radical (unpaired) electrons. The predicted octanol–water partition coefficient (Wildman–Crippen LogP) is 7.17. The van der Waals surface area contributed by atoms with Gasteiger partial charge in [0, 0.05) is 19.5 Å². The molecule has 0 spiro atoms. The molecule has 34 heavy (non-hydrogen) atoms. The van der Waals surface area contributed by atoms with E-state index in [1.807, 2.05) is 24.3 Å². The average Bonchev–Trinajstić information content (AvgIpc) is 3.19. The van der Waals surface area contributed by atoms with Gasteiger partial charge in [0.1, 0.15) is 5.82 Å². The van der Waals surface area contributed by atoms with E-state index in [-0.39, 0.29) is 5.91 Å². The number of nitrogens with one attached hydrogen (secondary N) is 1. The number of imidazole rings is 1. The van der Waals surface area contributed by atoms with Crippen LogP contribution in [0.4, 0.5) is 0 Å². The molecule has 1 aromatic heterocycles. The minimum Gasteiger partial charge on any atom is -0.355 e. The van der Waals surface area contributed by atoms with Crippen molar-refractivity contribution < 1.29 is 4.79 Å². The number of para-hydroxylation sites is 2. The Kier molecular flexibility index (Phi) is 11.2. The van der Waals surface area contributed by atoms with Gasteiger partial charge in [0.2, 0.25) is 5.91 Å². The van der Waals surface area contributed by atoms with Crippen LogP contribution < -0.4 is 5.32 Å². The molecule has 0 atom stereocenters. The van der Waals surface area contributed by atoms with Gasteiger partial charge in [-0.2, -0.15) is 0 Å². The fourth-order valence-corrected chi connectivity index (χ4v) is 4.68. The molecule has 1 amide bonds. The number of aromatic nitrogens is 2. The summed E-state index contributed by atoms with van der Waals surface area (Å²) in [6, 6.07) is 16.5. The Morgan fingerprint density at radius 1 is 0.853 bits per heavy atom. The fourth-order valence-electron chi connectivity index (χ4n) is 4.68. The summed E-state index contributed by atoms with van der Waals surface area (Å²) in [6.07, 6.45) is 14.6. The maximum absolute atomic E-state index is 12.4. The number of amides is 1. The third-order valence-corrected chi connectivity index (χ3v) is 6.75. The first kappa shape index (κ1) is 26.0. The van der Waals surface area contributed by atoms with Crippen molar-refractivity contribution in [2.24, 2.45) is 0 Å². The van der Waals surface area contributed by atoms with Crippen molar-refractivity contribution in [1.29, 1.82) is 0 Å². The van der Waals surface area contributed by atoms with Gasteiger partial charge in [0.15, 0.2) is 0 Å². The molecule has 0 aliphatic heterocycles. The number of hydrogen-bond acceptors (Lipinski definition) is 2. The molecule has 184 valence electrons. The first-order valence-corrected chi connectivity index (χ1v) is 13.4. The van der Waals surface area contributed by atoms with Gasteiger partial charge in [-0.25, -0.2) is 4.98 Å². The van der Waals surface area contributed by atoms with Crippen molar-refractivity contribution >= 4 is 16.9 Å². The third kappa shape index (κ3) is 8.30. The van der Waals surface area contributed by atoms with Gasteiger partial charge in [-0.05, 0) is 36.6 Å². The van der Waals surface area contributed by atoms with Crippen LogP contribution in [0.25, 0.3) is 11.0 Å². The molecule has 0 saturated heterocycles. The van der Waals surface area contributed by atoms with Crippen molar-refractivity contribution in [2.75, 3.05) is 6.54 Å². The normalized spacial score (nSPS) is 11.2. The molecule has 0 saturated carbocycles. The van der Waals surface area contributed by atoms with Crippen molar-refractivity contribution in [3.05, 3.63) is 65.5 Å². The molecular formula is C30H43N3O. The summed E-state index contributed by atoms with van der Waals surface area (Å²) < 4.78 is 2.37. The summed E-state index contributed by atoms with van der Waals surface area (Å²) in [4.78, 5) is 17.3. The van der Waals surface area contributed by atoms with Crippen LogP contribution in [0.15, 0.2) is 48.5 Å². The monoisotopic (exact) mass is 461 g/mol. The predicted molar refractivity (Wildman–Crippen MR) is 143 cm³/mol. The van der Waals surface area contributed by atoms with Gasteiger partial charge < -0.3 is 9.88 Å². The highest BCUT2D eigenvalue weighted by Gasteiger charge is 2.11. The maximum atomic E-state index is 12.4. The minimum absolute atomic E-state index is 0.0756. The molecule has 1 N–H and O–H groups in total. The lowest BCUT2D eigenvalue weighted by atomic mass is 10.1. The largest absolute Gasteiger partial charge is 0.355 e. The molecule has 0 unspecified atom stereocenters. The SMILES string of the molecule is CCCCCCCCCCCCn1c(CCNC(=O)Cc2ccccc2C)nc2ccccc21. The number of carbonyl (C=O) groups excluding carboxylic acids is 1. The van der Waals surface area contributed by atoms with E-state index in [1.165, 1.54) is 69.7 Å². The number of benzene rings is 2. The maximum Gasteiger partial charge on any atom is 0.224 e. The van der Waals surface area contributed by atoms with E-state index in [2.05, 4.69) is 48.0 Å². The Labute approximate surface area is 206 Å². The number of aryl methyl sites for hydroxylation is 2. The van der Waals surface area contributed by atoms with Crippen LogP contribution in [0, 0.1) is 6.92 Å². The highest BCUT2D eigenvalue weighted by molar-refractivity contribution is 5.79. The molecular weight excluding hydrogens is 418 g/mol. The van der Waals surface area contributed by atoms with E-state index in [4.69, 9.17) is 4.98 Å². The smallest absolute Gasteiger partial charge is 0.224 e. The molecule has 0 aliphatic carbocycles. The zero-order valence-corrected chi connectivity index (χ0v) is 21.3. The van der Waals surface area contributed by atoms with E-state index in [0.717, 1.165) is 35.4 Å². The van der Waals surface area contributed by atoms with E-state index >= 15 is 0 Å². The lowest BCUT2D eigenvalue weighted by Crippen LogP contribution is -2.28. The first-order chi connectivity index (χ1) is 16.7. The molecule has 4 nitrogen and oxygen atoms in total. The molecule has 0 aliphatic rings. The minimum atomic E-state index is 0.0756. The van der Waals surface area contributed by atoms with Gasteiger partial charge in [0.05, 0.1) is 17.5 Å². The van der Waals surface area contributed by atoms with Gasteiger partial charge in [-0.15, -0.1) is 0 Å². The molecule has 1 heterocycles. The van der Waals surface area contributed by atoms with E-state index in [1.54, 1.807) is 0 Å². The van der Waals surface area contributed by atoms with Crippen molar-refractivity contribution in [3.8, 4) is 0 Å². The number of carbonyl (C=O) groups is 1.